The average Bonchev–Trinajstić information content (AvgIpc) is 2.45. The molecule has 0 unspecified atom stereocenters. The predicted octanol–water partition coefficient (Wildman–Crippen LogP) is 3.25. The lowest BCUT2D eigenvalue weighted by Gasteiger charge is -2.26. The molecule has 0 aliphatic heterocycles. The van der Waals surface area contributed by atoms with E-state index in [0.717, 1.165) is 54.0 Å². The Morgan fingerprint density at radius 2 is 1.50 bits per heavy atom. The normalized spacial score (nSPS) is 21.3. The van der Waals surface area contributed by atoms with Crippen LogP contribution in [0.4, 0.5) is 5.69 Å². The summed E-state index contributed by atoms with van der Waals surface area (Å²) in [5.74, 6) is -0.382. The van der Waals surface area contributed by atoms with Crippen LogP contribution in [-0.2, 0) is 9.59 Å². The van der Waals surface area contributed by atoms with Gasteiger partial charge in [-0.25, -0.2) is 0 Å². The molecule has 1 aliphatic rings. The summed E-state index contributed by atoms with van der Waals surface area (Å²) in [7, 11) is 0. The van der Waals surface area contributed by atoms with E-state index in [-0.39, 0.29) is 6.04 Å². The molecular formula is C18H26N2O2. The maximum Gasteiger partial charge on any atom is 0.313 e. The number of amides is 2. The zero-order chi connectivity index (χ0) is 16.3. The monoisotopic (exact) mass is 302 g/mol. The van der Waals surface area contributed by atoms with Crippen molar-refractivity contribution in [2.24, 2.45) is 5.92 Å². The molecule has 0 atom stereocenters. The quantitative estimate of drug-likeness (QED) is 0.824. The zero-order valence-electron chi connectivity index (χ0n) is 14.0. The third-order valence-corrected chi connectivity index (χ3v) is 4.47. The highest BCUT2D eigenvalue weighted by molar-refractivity contribution is 6.39. The van der Waals surface area contributed by atoms with Crippen LogP contribution >= 0.6 is 0 Å². The van der Waals surface area contributed by atoms with E-state index in [2.05, 4.69) is 17.6 Å². The number of anilines is 1. The fraction of sp³-hybridized carbons (Fsp3) is 0.556. The van der Waals surface area contributed by atoms with Gasteiger partial charge in [-0.1, -0.05) is 24.6 Å². The molecule has 1 aliphatic carbocycles. The molecule has 1 aromatic carbocycles. The minimum Gasteiger partial charge on any atom is -0.345 e. The lowest BCUT2D eigenvalue weighted by atomic mass is 9.87. The van der Waals surface area contributed by atoms with Crippen molar-refractivity contribution >= 4 is 17.5 Å². The van der Waals surface area contributed by atoms with Crippen molar-refractivity contribution in [1.29, 1.82) is 0 Å². The second kappa shape index (κ2) is 6.95. The molecule has 0 spiro atoms. The molecule has 2 N–H and O–H groups in total. The van der Waals surface area contributed by atoms with Gasteiger partial charge in [0.05, 0.1) is 0 Å². The van der Waals surface area contributed by atoms with Crippen molar-refractivity contribution in [1.82, 2.24) is 5.32 Å². The maximum absolute atomic E-state index is 12.1. The molecule has 0 aromatic heterocycles. The second-order valence-corrected chi connectivity index (χ2v) is 6.66. The highest BCUT2D eigenvalue weighted by Gasteiger charge is 2.23. The predicted molar refractivity (Wildman–Crippen MR) is 88.8 cm³/mol. The lowest BCUT2D eigenvalue weighted by molar-refractivity contribution is -0.136. The van der Waals surface area contributed by atoms with E-state index in [1.54, 1.807) is 0 Å². The van der Waals surface area contributed by atoms with Gasteiger partial charge in [-0.3, -0.25) is 9.59 Å². The van der Waals surface area contributed by atoms with Crippen molar-refractivity contribution in [3.63, 3.8) is 0 Å². The third kappa shape index (κ3) is 4.09. The van der Waals surface area contributed by atoms with Crippen molar-refractivity contribution in [2.45, 2.75) is 59.4 Å². The fourth-order valence-electron chi connectivity index (χ4n) is 3.20. The summed E-state index contributed by atoms with van der Waals surface area (Å²) in [5.41, 5.74) is 3.84. The molecule has 4 heteroatoms. The molecule has 2 rings (SSSR count). The molecule has 0 radical (unpaired) electrons. The smallest absolute Gasteiger partial charge is 0.313 e. The van der Waals surface area contributed by atoms with E-state index in [1.165, 1.54) is 0 Å². The summed E-state index contributed by atoms with van der Waals surface area (Å²) in [6, 6.07) is 4.14. The number of hydrogen-bond donors (Lipinski definition) is 2. The molecule has 120 valence electrons. The van der Waals surface area contributed by atoms with Crippen LogP contribution in [0.1, 0.15) is 49.3 Å². The molecule has 4 nitrogen and oxygen atoms in total. The van der Waals surface area contributed by atoms with Gasteiger partial charge in [0, 0.05) is 11.7 Å². The summed E-state index contributed by atoms with van der Waals surface area (Å²) in [6.45, 7) is 8.13. The van der Waals surface area contributed by atoms with E-state index in [0.29, 0.717) is 0 Å². The number of nitrogens with one attached hydrogen (secondary N) is 2. The zero-order valence-corrected chi connectivity index (χ0v) is 14.0. The van der Waals surface area contributed by atoms with Gasteiger partial charge >= 0.3 is 11.8 Å². The summed E-state index contributed by atoms with van der Waals surface area (Å²) >= 11 is 0. The van der Waals surface area contributed by atoms with Crippen LogP contribution in [0.5, 0.6) is 0 Å². The molecule has 1 fully saturated rings. The molecular weight excluding hydrogens is 276 g/mol. The van der Waals surface area contributed by atoms with Crippen LogP contribution in [0, 0.1) is 26.7 Å². The van der Waals surface area contributed by atoms with Crippen LogP contribution < -0.4 is 10.6 Å². The van der Waals surface area contributed by atoms with Gasteiger partial charge in [-0.2, -0.15) is 0 Å². The molecule has 0 bridgehead atoms. The molecule has 1 aromatic rings. The first-order valence-corrected chi connectivity index (χ1v) is 8.06. The Labute approximate surface area is 132 Å². The van der Waals surface area contributed by atoms with Gasteiger partial charge in [-0.05, 0) is 63.5 Å². The van der Waals surface area contributed by atoms with Gasteiger partial charge < -0.3 is 10.6 Å². The first kappa shape index (κ1) is 16.5. The Morgan fingerprint density at radius 1 is 0.955 bits per heavy atom. The van der Waals surface area contributed by atoms with Crippen molar-refractivity contribution in [3.05, 3.63) is 28.8 Å². The van der Waals surface area contributed by atoms with E-state index >= 15 is 0 Å². The number of hydrogen-bond acceptors (Lipinski definition) is 2. The van der Waals surface area contributed by atoms with E-state index in [9.17, 15) is 9.59 Å². The van der Waals surface area contributed by atoms with Gasteiger partial charge in [0.1, 0.15) is 0 Å². The van der Waals surface area contributed by atoms with Crippen LogP contribution in [0.3, 0.4) is 0 Å². The van der Waals surface area contributed by atoms with Gasteiger partial charge in [0.2, 0.25) is 0 Å². The molecule has 0 heterocycles. The number of carbonyl (C=O) groups is 2. The van der Waals surface area contributed by atoms with Crippen LogP contribution in [-0.4, -0.2) is 17.9 Å². The molecule has 22 heavy (non-hydrogen) atoms. The minimum absolute atomic E-state index is 0.134. The first-order valence-electron chi connectivity index (χ1n) is 8.06. The second-order valence-electron chi connectivity index (χ2n) is 6.66. The Kier molecular flexibility index (Phi) is 5.22. The van der Waals surface area contributed by atoms with Crippen LogP contribution in [0.2, 0.25) is 0 Å². The number of aryl methyl sites for hydroxylation is 3. The largest absolute Gasteiger partial charge is 0.345 e. The summed E-state index contributed by atoms with van der Waals surface area (Å²) in [5, 5.41) is 5.61. The van der Waals surface area contributed by atoms with E-state index in [1.807, 2.05) is 32.9 Å². The van der Waals surface area contributed by atoms with Crippen LogP contribution in [0.15, 0.2) is 12.1 Å². The molecule has 2 amide bonds. The molecule has 0 saturated heterocycles. The van der Waals surface area contributed by atoms with Gasteiger partial charge in [-0.15, -0.1) is 0 Å². The summed E-state index contributed by atoms with van der Waals surface area (Å²) < 4.78 is 0. The SMILES string of the molecule is Cc1cc(C)c(NC(=O)C(=O)NC2CCC(C)CC2)c(C)c1. The van der Waals surface area contributed by atoms with Gasteiger partial charge in [0.15, 0.2) is 0 Å². The van der Waals surface area contributed by atoms with Crippen molar-refractivity contribution < 1.29 is 9.59 Å². The lowest BCUT2D eigenvalue weighted by Crippen LogP contribution is -2.43. The average molecular weight is 302 g/mol. The Balaban J connectivity index is 1.96. The fourth-order valence-corrected chi connectivity index (χ4v) is 3.20. The van der Waals surface area contributed by atoms with E-state index in [4.69, 9.17) is 0 Å². The van der Waals surface area contributed by atoms with Crippen LogP contribution in [0.25, 0.3) is 0 Å². The topological polar surface area (TPSA) is 58.2 Å². The Bertz CT molecular complexity index is 549. The Hall–Kier alpha value is -1.84. The summed E-state index contributed by atoms with van der Waals surface area (Å²) in [4.78, 5) is 24.2. The number of benzene rings is 1. The highest BCUT2D eigenvalue weighted by atomic mass is 16.2. The maximum atomic E-state index is 12.1. The first-order chi connectivity index (χ1) is 10.4. The van der Waals surface area contributed by atoms with Crippen molar-refractivity contribution in [2.75, 3.05) is 5.32 Å². The number of carbonyl (C=O) groups excluding carboxylic acids is 2. The molecule has 1 saturated carbocycles. The summed E-state index contributed by atoms with van der Waals surface area (Å²) in [6.07, 6.45) is 4.15. The minimum atomic E-state index is -0.575. The van der Waals surface area contributed by atoms with E-state index < -0.39 is 11.8 Å². The third-order valence-electron chi connectivity index (χ3n) is 4.47. The number of rotatable bonds is 2. The highest BCUT2D eigenvalue weighted by Crippen LogP contribution is 2.24. The van der Waals surface area contributed by atoms with Gasteiger partial charge in [0.25, 0.3) is 0 Å². The Morgan fingerprint density at radius 3 is 2.05 bits per heavy atom. The van der Waals surface area contributed by atoms with Crippen molar-refractivity contribution in [3.8, 4) is 0 Å². The standard InChI is InChI=1S/C18H26N2O2/c1-11-5-7-15(8-6-11)19-17(21)18(22)20-16-13(3)9-12(2)10-14(16)4/h9-11,15H,5-8H2,1-4H3,(H,19,21)(H,20,22).